The number of carbonyl (C=O) groups is 1. The van der Waals surface area contributed by atoms with Crippen molar-refractivity contribution < 1.29 is 58.5 Å². The number of carboxylic acids is 1. The summed E-state index contributed by atoms with van der Waals surface area (Å²) in [6, 6.07) is 12.0. The van der Waals surface area contributed by atoms with Crippen molar-refractivity contribution in [1.29, 1.82) is 0 Å². The number of hydrogen-bond acceptors (Lipinski definition) is 7. The van der Waals surface area contributed by atoms with Gasteiger partial charge >= 0.3 is 29.6 Å². The van der Waals surface area contributed by atoms with Gasteiger partial charge in [0.1, 0.15) is 47.8 Å². The van der Waals surface area contributed by atoms with Crippen molar-refractivity contribution in [3.63, 3.8) is 0 Å². The molecule has 0 aliphatic heterocycles. The van der Waals surface area contributed by atoms with E-state index in [4.69, 9.17) is 25.5 Å². The number of ether oxygens (including phenoxy) is 2. The van der Waals surface area contributed by atoms with Crippen LogP contribution in [0.15, 0.2) is 57.7 Å². The summed E-state index contributed by atoms with van der Waals surface area (Å²) in [5.41, 5.74) is -0.538. The first-order valence-corrected chi connectivity index (χ1v) is 8.29. The van der Waals surface area contributed by atoms with Crippen LogP contribution < -0.4 is 49.6 Å². The zero-order valence-electron chi connectivity index (χ0n) is 14.9. The third-order valence-corrected chi connectivity index (χ3v) is 3.86. The van der Waals surface area contributed by atoms with Crippen molar-refractivity contribution in [2.75, 3.05) is 13.2 Å². The molecule has 2 aromatic carbocycles. The van der Waals surface area contributed by atoms with Gasteiger partial charge in [-0.15, -0.1) is 0 Å². The fraction of sp³-hybridized carbons (Fsp3) is 0.158. The Morgan fingerprint density at radius 1 is 1.14 bits per heavy atom. The number of aliphatic hydroxyl groups excluding tert-OH is 1. The van der Waals surface area contributed by atoms with Crippen molar-refractivity contribution in [2.45, 2.75) is 6.10 Å². The van der Waals surface area contributed by atoms with Crippen LogP contribution in [0.2, 0.25) is 5.02 Å². The largest absolute Gasteiger partial charge is 1.00 e. The zero-order chi connectivity index (χ0) is 19.4. The number of hydrogen-bond donors (Lipinski definition) is 1. The van der Waals surface area contributed by atoms with E-state index in [-0.39, 0.29) is 59.5 Å². The number of benzene rings is 2. The predicted octanol–water partition coefficient (Wildman–Crippen LogP) is -1.37. The van der Waals surface area contributed by atoms with Gasteiger partial charge in [0.05, 0.1) is 0 Å². The molecule has 1 atom stereocenters. The average Bonchev–Trinajstić information content (AvgIpc) is 2.65. The molecule has 0 aliphatic carbocycles. The summed E-state index contributed by atoms with van der Waals surface area (Å²) in [5, 5.41) is 21.5. The van der Waals surface area contributed by atoms with Crippen LogP contribution in [0, 0.1) is 0 Å². The van der Waals surface area contributed by atoms with Crippen LogP contribution in [-0.4, -0.2) is 30.4 Å². The molecule has 1 aromatic heterocycles. The quantitative estimate of drug-likeness (QED) is 0.477. The Hall–Kier alpha value is -2.03. The number of halogens is 1. The Morgan fingerprint density at radius 3 is 2.50 bits per heavy atom. The van der Waals surface area contributed by atoms with E-state index in [2.05, 4.69) is 0 Å². The molecule has 1 N–H and O–H groups in total. The fourth-order valence-corrected chi connectivity index (χ4v) is 2.48. The Balaban J connectivity index is 0.00000280. The second-order valence-corrected chi connectivity index (χ2v) is 6.06. The first kappa shape index (κ1) is 22.3. The molecule has 0 aliphatic rings. The number of carbonyl (C=O) groups excluding carboxylic acids is 1. The maximum atomic E-state index is 12.2. The molecule has 0 amide bonds. The van der Waals surface area contributed by atoms with E-state index in [1.54, 1.807) is 24.3 Å². The second kappa shape index (κ2) is 9.95. The molecular formula is C19H14ClNaO7. The maximum Gasteiger partial charge on any atom is 1.00 e. The molecule has 1 unspecified atom stereocenters. The summed E-state index contributed by atoms with van der Waals surface area (Å²) in [6.45, 7) is -0.176. The van der Waals surface area contributed by atoms with Gasteiger partial charge in [0.25, 0.3) is 0 Å². The first-order valence-electron chi connectivity index (χ1n) is 7.91. The normalized spacial score (nSPS) is 11.5. The van der Waals surface area contributed by atoms with Crippen LogP contribution >= 0.6 is 11.6 Å². The van der Waals surface area contributed by atoms with Gasteiger partial charge in [-0.2, -0.15) is 0 Å². The molecule has 0 saturated heterocycles. The Labute approximate surface area is 186 Å². The minimum atomic E-state index is -1.59. The Kier molecular flexibility index (Phi) is 7.91. The van der Waals surface area contributed by atoms with Crippen LogP contribution in [0.25, 0.3) is 11.0 Å². The summed E-state index contributed by atoms with van der Waals surface area (Å²) in [4.78, 5) is 23.1. The van der Waals surface area contributed by atoms with Gasteiger partial charge in [-0.05, 0) is 36.4 Å². The fourth-order valence-electron chi connectivity index (χ4n) is 2.36. The molecule has 9 heteroatoms. The van der Waals surface area contributed by atoms with Crippen LogP contribution in [0.1, 0.15) is 10.6 Å². The molecular weight excluding hydrogens is 399 g/mol. The molecule has 1 heterocycles. The summed E-state index contributed by atoms with van der Waals surface area (Å²) >= 11 is 5.79. The van der Waals surface area contributed by atoms with Crippen LogP contribution in [0.5, 0.6) is 11.5 Å². The third kappa shape index (κ3) is 5.50. The molecule has 3 rings (SSSR count). The predicted molar refractivity (Wildman–Crippen MR) is 95.3 cm³/mol. The van der Waals surface area contributed by atoms with E-state index in [1.807, 2.05) is 0 Å². The van der Waals surface area contributed by atoms with Crippen LogP contribution in [0.3, 0.4) is 0 Å². The van der Waals surface area contributed by atoms with E-state index in [1.165, 1.54) is 18.2 Å². The minimum absolute atomic E-state index is 0. The van der Waals surface area contributed by atoms with E-state index < -0.39 is 23.3 Å². The molecule has 0 saturated carbocycles. The van der Waals surface area contributed by atoms with Crippen molar-refractivity contribution in [3.8, 4) is 11.5 Å². The molecule has 0 bridgehead atoms. The van der Waals surface area contributed by atoms with Crippen molar-refractivity contribution in [2.24, 2.45) is 0 Å². The smallest absolute Gasteiger partial charge is 0.542 e. The summed E-state index contributed by atoms with van der Waals surface area (Å²) in [7, 11) is 0. The van der Waals surface area contributed by atoms with E-state index in [0.29, 0.717) is 10.8 Å². The summed E-state index contributed by atoms with van der Waals surface area (Å²) in [5.74, 6) is -1.45. The van der Waals surface area contributed by atoms with Crippen LogP contribution in [0.4, 0.5) is 0 Å². The number of fused-ring (bicyclic) bond motifs is 1. The van der Waals surface area contributed by atoms with Crippen LogP contribution in [-0.2, 0) is 0 Å². The topological polar surface area (TPSA) is 109 Å². The SMILES string of the molecule is O=C([O-])c1cc(=O)c2c(OCC(O)COc3ccc(Cl)cc3)cccc2o1.[Na+]. The maximum absolute atomic E-state index is 12.2. The molecule has 140 valence electrons. The van der Waals surface area contributed by atoms with Crippen molar-refractivity contribution in [1.82, 2.24) is 0 Å². The Bertz CT molecular complexity index is 1020. The summed E-state index contributed by atoms with van der Waals surface area (Å²) in [6.07, 6.45) is -0.967. The molecule has 28 heavy (non-hydrogen) atoms. The van der Waals surface area contributed by atoms with Gasteiger partial charge in [-0.3, -0.25) is 4.79 Å². The summed E-state index contributed by atoms with van der Waals surface area (Å²) < 4.78 is 16.0. The van der Waals surface area contributed by atoms with Crippen molar-refractivity contribution >= 4 is 28.5 Å². The number of aromatic carboxylic acids is 1. The first-order chi connectivity index (χ1) is 12.9. The van der Waals surface area contributed by atoms with Gasteiger partial charge in [0.2, 0.25) is 0 Å². The molecule has 0 spiro atoms. The number of aliphatic hydroxyl groups is 1. The van der Waals surface area contributed by atoms with Gasteiger partial charge in [0.15, 0.2) is 11.2 Å². The Morgan fingerprint density at radius 2 is 1.82 bits per heavy atom. The minimum Gasteiger partial charge on any atom is -0.542 e. The van der Waals surface area contributed by atoms with Gasteiger partial charge < -0.3 is 28.9 Å². The molecule has 0 radical (unpaired) electrons. The monoisotopic (exact) mass is 412 g/mol. The third-order valence-electron chi connectivity index (χ3n) is 3.60. The molecule has 3 aromatic rings. The molecule has 7 nitrogen and oxygen atoms in total. The van der Waals surface area contributed by atoms with Gasteiger partial charge in [-0.25, -0.2) is 0 Å². The van der Waals surface area contributed by atoms with Gasteiger partial charge in [-0.1, -0.05) is 17.7 Å². The van der Waals surface area contributed by atoms with E-state index in [9.17, 15) is 19.8 Å². The number of rotatable bonds is 7. The van der Waals surface area contributed by atoms with E-state index in [0.717, 1.165) is 6.07 Å². The average molecular weight is 413 g/mol. The van der Waals surface area contributed by atoms with Crippen molar-refractivity contribution in [3.05, 3.63) is 69.5 Å². The van der Waals surface area contributed by atoms with E-state index >= 15 is 0 Å². The van der Waals surface area contributed by atoms with Gasteiger partial charge in [0, 0.05) is 11.1 Å². The number of carboxylic acid groups (broad SMARTS) is 1. The zero-order valence-corrected chi connectivity index (χ0v) is 17.6. The standard InChI is InChI=1S/C19H15ClO7.Na/c20-11-4-6-13(7-5-11)25-9-12(21)10-26-15-2-1-3-16-18(15)14(22)8-17(27-16)19(23)24;/h1-8,12,21H,9-10H2,(H,23,24);/q;+1/p-1. The second-order valence-electron chi connectivity index (χ2n) is 5.62. The molecule has 0 fully saturated rings.